The van der Waals surface area contributed by atoms with Crippen molar-refractivity contribution < 1.29 is 32.9 Å². The number of hydrogen-bond donors (Lipinski definition) is 3. The summed E-state index contributed by atoms with van der Waals surface area (Å²) in [6, 6.07) is -0.880. The number of allylic oxidation sites excluding steroid dienone is 21. The Kier molecular flexibility index (Phi) is 47.2. The number of phosphoric ester groups is 1. The first-order valence-electron chi connectivity index (χ1n) is 27.1. The molecule has 0 fully saturated rings. The van der Waals surface area contributed by atoms with Gasteiger partial charge in [0, 0.05) is 6.42 Å². The van der Waals surface area contributed by atoms with Crippen LogP contribution < -0.4 is 5.32 Å². The Morgan fingerprint density at radius 2 is 0.884 bits per heavy atom. The molecule has 0 rings (SSSR count). The van der Waals surface area contributed by atoms with E-state index in [4.69, 9.17) is 9.05 Å². The van der Waals surface area contributed by atoms with Gasteiger partial charge in [0.1, 0.15) is 13.2 Å². The predicted octanol–water partition coefficient (Wildman–Crippen LogP) is 16.4. The Bertz CT molecular complexity index is 1580. The predicted molar refractivity (Wildman–Crippen MR) is 299 cm³/mol. The summed E-state index contributed by atoms with van der Waals surface area (Å²) in [5.74, 6) is -0.204. The van der Waals surface area contributed by atoms with Crippen LogP contribution in [0, 0.1) is 0 Å². The van der Waals surface area contributed by atoms with Crippen LogP contribution in [0.1, 0.15) is 187 Å². The smallest absolute Gasteiger partial charge is 0.387 e. The first-order valence-corrected chi connectivity index (χ1v) is 28.6. The highest BCUT2D eigenvalue weighted by molar-refractivity contribution is 7.47. The molecule has 0 spiro atoms. The second kappa shape index (κ2) is 49.6. The molecule has 9 heteroatoms. The SMILES string of the molecule is CC/C=C\C/C=C\C/C=C\C/C=C\C/C=C\C/C=C\C/C=C\C/C=C\CCCCCCCCCCCCC(=O)NC(COP(=O)(O)OCC[N+](C)(C)C)C(O)/C=C/CC/C=C/CC/C=C/CCCC. The van der Waals surface area contributed by atoms with E-state index in [0.29, 0.717) is 17.4 Å². The van der Waals surface area contributed by atoms with Crippen LogP contribution in [0.2, 0.25) is 0 Å². The molecule has 3 unspecified atom stereocenters. The molecule has 0 bridgehead atoms. The van der Waals surface area contributed by atoms with Crippen LogP contribution >= 0.6 is 7.82 Å². The lowest BCUT2D eigenvalue weighted by molar-refractivity contribution is -0.870. The molecule has 0 aliphatic rings. The zero-order chi connectivity index (χ0) is 50.6. The second-order valence-electron chi connectivity index (χ2n) is 18.8. The number of aliphatic hydroxyl groups is 1. The van der Waals surface area contributed by atoms with E-state index in [0.717, 1.165) is 109 Å². The fourth-order valence-corrected chi connectivity index (χ4v) is 7.57. The minimum Gasteiger partial charge on any atom is -0.387 e. The summed E-state index contributed by atoms with van der Waals surface area (Å²) in [5, 5.41) is 13.8. The van der Waals surface area contributed by atoms with Gasteiger partial charge in [0.2, 0.25) is 5.91 Å². The van der Waals surface area contributed by atoms with Gasteiger partial charge >= 0.3 is 7.82 Å². The van der Waals surface area contributed by atoms with Crippen LogP contribution in [0.25, 0.3) is 0 Å². The number of nitrogens with one attached hydrogen (secondary N) is 1. The van der Waals surface area contributed by atoms with Gasteiger partial charge in [-0.3, -0.25) is 13.8 Å². The van der Waals surface area contributed by atoms with Crippen LogP contribution in [-0.2, 0) is 18.4 Å². The maximum absolute atomic E-state index is 12.9. The maximum Gasteiger partial charge on any atom is 0.472 e. The second-order valence-corrected chi connectivity index (χ2v) is 20.3. The molecule has 0 heterocycles. The molecule has 0 aromatic rings. The Hall–Kier alpha value is -3.36. The third-order valence-electron chi connectivity index (χ3n) is 11.1. The van der Waals surface area contributed by atoms with Gasteiger partial charge in [-0.25, -0.2) is 4.57 Å². The minimum atomic E-state index is -4.36. The van der Waals surface area contributed by atoms with Crippen molar-refractivity contribution in [3.63, 3.8) is 0 Å². The zero-order valence-electron chi connectivity index (χ0n) is 44.5. The molecule has 3 atom stereocenters. The molecule has 8 nitrogen and oxygen atoms in total. The lowest BCUT2D eigenvalue weighted by Crippen LogP contribution is -2.45. The van der Waals surface area contributed by atoms with Crippen LogP contribution in [0.3, 0.4) is 0 Å². The average molecular weight is 978 g/mol. The van der Waals surface area contributed by atoms with Gasteiger partial charge in [-0.05, 0) is 103 Å². The number of quaternary nitrogens is 1. The van der Waals surface area contributed by atoms with Crippen LogP contribution in [-0.4, -0.2) is 73.4 Å². The largest absolute Gasteiger partial charge is 0.472 e. The van der Waals surface area contributed by atoms with Crippen molar-refractivity contribution in [2.75, 3.05) is 40.9 Å². The van der Waals surface area contributed by atoms with Crippen molar-refractivity contribution in [2.45, 2.75) is 199 Å². The molecule has 1 amide bonds. The van der Waals surface area contributed by atoms with Gasteiger partial charge in [-0.2, -0.15) is 0 Å². The number of likely N-dealkylation sites (N-methyl/N-ethyl adjacent to an activating group) is 1. The van der Waals surface area contributed by atoms with E-state index < -0.39 is 20.0 Å². The van der Waals surface area contributed by atoms with Crippen molar-refractivity contribution in [3.05, 3.63) is 134 Å². The number of unbranched alkanes of at least 4 members (excludes halogenated alkanes) is 14. The highest BCUT2D eigenvalue weighted by Gasteiger charge is 2.27. The van der Waals surface area contributed by atoms with Gasteiger partial charge in [-0.15, -0.1) is 0 Å². The first kappa shape index (κ1) is 65.6. The summed E-state index contributed by atoms with van der Waals surface area (Å²) < 4.78 is 23.6. The lowest BCUT2D eigenvalue weighted by atomic mass is 10.0. The highest BCUT2D eigenvalue weighted by atomic mass is 31.2. The Morgan fingerprint density at radius 1 is 0.507 bits per heavy atom. The molecule has 69 heavy (non-hydrogen) atoms. The number of carbonyl (C=O) groups excluding carboxylic acids is 1. The van der Waals surface area contributed by atoms with Crippen LogP contribution in [0.15, 0.2) is 134 Å². The number of hydrogen-bond acceptors (Lipinski definition) is 5. The molecule has 0 radical (unpaired) electrons. The molecule has 0 aliphatic carbocycles. The fraction of sp³-hybridized carbons (Fsp3) is 0.617. The van der Waals surface area contributed by atoms with Crippen LogP contribution in [0.4, 0.5) is 0 Å². The summed E-state index contributed by atoms with van der Waals surface area (Å²) in [5.41, 5.74) is 0. The van der Waals surface area contributed by atoms with Crippen molar-refractivity contribution in [1.82, 2.24) is 5.32 Å². The Balaban J connectivity index is 4.17. The molecule has 3 N–H and O–H groups in total. The first-order chi connectivity index (χ1) is 33.5. The molecule has 0 aliphatic heterocycles. The zero-order valence-corrected chi connectivity index (χ0v) is 45.4. The van der Waals surface area contributed by atoms with E-state index in [1.165, 1.54) is 57.8 Å². The van der Waals surface area contributed by atoms with Crippen molar-refractivity contribution in [1.29, 1.82) is 0 Å². The van der Waals surface area contributed by atoms with E-state index in [2.05, 4.69) is 141 Å². The number of carbonyl (C=O) groups is 1. The number of phosphoric acid groups is 1. The topological polar surface area (TPSA) is 105 Å². The summed E-state index contributed by atoms with van der Waals surface area (Å²) in [6.45, 7) is 4.59. The summed E-state index contributed by atoms with van der Waals surface area (Å²) in [7, 11) is 1.52. The highest BCUT2D eigenvalue weighted by Crippen LogP contribution is 2.43. The fourth-order valence-electron chi connectivity index (χ4n) is 6.84. The van der Waals surface area contributed by atoms with E-state index in [9.17, 15) is 19.4 Å². The molecule has 0 aromatic heterocycles. The van der Waals surface area contributed by atoms with E-state index in [1.54, 1.807) is 6.08 Å². The summed E-state index contributed by atoms with van der Waals surface area (Å²) in [4.78, 5) is 23.2. The Morgan fingerprint density at radius 3 is 1.33 bits per heavy atom. The molecule has 392 valence electrons. The maximum atomic E-state index is 12.9. The normalized spacial score (nSPS) is 15.1. The van der Waals surface area contributed by atoms with Gasteiger partial charge in [0.15, 0.2) is 0 Å². The van der Waals surface area contributed by atoms with Gasteiger partial charge in [0.05, 0.1) is 39.9 Å². The van der Waals surface area contributed by atoms with Crippen molar-refractivity contribution >= 4 is 13.7 Å². The number of nitrogens with zero attached hydrogens (tertiary/aromatic N) is 1. The molecular formula is C60H102N2O6P+. The summed E-state index contributed by atoms with van der Waals surface area (Å²) in [6.07, 6.45) is 75.5. The van der Waals surface area contributed by atoms with Crippen LogP contribution in [0.5, 0.6) is 0 Å². The van der Waals surface area contributed by atoms with Gasteiger partial charge < -0.3 is 19.8 Å². The van der Waals surface area contributed by atoms with Gasteiger partial charge in [-0.1, -0.05) is 212 Å². The summed E-state index contributed by atoms with van der Waals surface area (Å²) >= 11 is 0. The van der Waals surface area contributed by atoms with E-state index in [1.807, 2.05) is 27.2 Å². The molecule has 0 aromatic carbocycles. The third-order valence-corrected chi connectivity index (χ3v) is 12.1. The van der Waals surface area contributed by atoms with E-state index in [-0.39, 0.29) is 19.1 Å². The monoisotopic (exact) mass is 978 g/mol. The minimum absolute atomic E-state index is 0.0457. The average Bonchev–Trinajstić information content (AvgIpc) is 3.31. The molecular weight excluding hydrogens is 876 g/mol. The molecule has 0 saturated carbocycles. The third kappa shape index (κ3) is 52.3. The lowest BCUT2D eigenvalue weighted by Gasteiger charge is -2.25. The number of amides is 1. The van der Waals surface area contributed by atoms with Crippen molar-refractivity contribution in [2.24, 2.45) is 0 Å². The number of rotatable bonds is 47. The van der Waals surface area contributed by atoms with Gasteiger partial charge in [0.25, 0.3) is 0 Å². The molecule has 0 saturated heterocycles. The van der Waals surface area contributed by atoms with E-state index >= 15 is 0 Å². The Labute approximate surface area is 424 Å². The quantitative estimate of drug-likeness (QED) is 0.0243. The van der Waals surface area contributed by atoms with Crippen molar-refractivity contribution in [3.8, 4) is 0 Å². The number of aliphatic hydroxyl groups excluding tert-OH is 1. The standard InChI is InChI=1S/C60H101N2O6P/c1-6-8-10-12-14-16-18-20-21-22-23-24-25-26-27-28-29-30-31-32-33-34-35-36-37-38-39-40-41-42-44-46-48-50-52-54-60(64)61-58(57-68-69(65,66)67-56-55-62(3,4)5)59(63)53-51-49-47-45-43-19-17-15-13-11-9-7-2/h8,10,13-16,20-21,23-24,26-27,29-30,32-33,35-36,43,45,51,53,58-59,63H,6-7,9,11-12,17-19,22,25,28,31,34,37-42,44,46-50,52,54-57H2,1-5H3,(H-,61,64,65,66)/p+1/b10-8-,15-13+,16-14-,21-20-,24-23-,27-26-,30-29-,33-32-,36-35-,45-43+,53-51+.